The Morgan fingerprint density at radius 3 is 2.14 bits per heavy atom. The van der Waals surface area contributed by atoms with Gasteiger partial charge in [0.2, 0.25) is 0 Å². The van der Waals surface area contributed by atoms with Gasteiger partial charge in [0.1, 0.15) is 15.9 Å². The number of allylic oxidation sites excluding steroid dienone is 1. The monoisotopic (exact) mass is 418 g/mol. The molecule has 0 N–H and O–H groups in total. The molecule has 0 heterocycles. The number of ether oxygens (including phenoxy) is 2. The normalized spacial score (nSPS) is 13.5. The van der Waals surface area contributed by atoms with Crippen molar-refractivity contribution >= 4 is 21.8 Å². The third-order valence-electron chi connectivity index (χ3n) is 4.81. The SMILES string of the molecule is C=CCCCC(CCCC(CCCCCCC(=O)OC)S(C)(=O)=O)OC(C)=O. The first-order chi connectivity index (χ1) is 13.2. The van der Waals surface area contributed by atoms with Crippen LogP contribution in [0.3, 0.4) is 0 Å². The summed E-state index contributed by atoms with van der Waals surface area (Å²) in [5.74, 6) is -0.500. The smallest absolute Gasteiger partial charge is 0.305 e. The second-order valence-corrected chi connectivity index (χ2v) is 9.69. The number of sulfone groups is 1. The van der Waals surface area contributed by atoms with E-state index in [4.69, 9.17) is 4.74 Å². The van der Waals surface area contributed by atoms with Crippen molar-refractivity contribution in [3.8, 4) is 0 Å². The molecule has 2 atom stereocenters. The summed E-state index contributed by atoms with van der Waals surface area (Å²) < 4.78 is 34.1. The van der Waals surface area contributed by atoms with Crippen LogP contribution >= 0.6 is 0 Å². The molecule has 2 unspecified atom stereocenters. The molecule has 0 aromatic rings. The molecule has 0 aliphatic heterocycles. The zero-order valence-corrected chi connectivity index (χ0v) is 18.6. The molecular weight excluding hydrogens is 380 g/mol. The molecule has 28 heavy (non-hydrogen) atoms. The van der Waals surface area contributed by atoms with Crippen LogP contribution in [0.4, 0.5) is 0 Å². The van der Waals surface area contributed by atoms with Gasteiger partial charge in [0, 0.05) is 19.6 Å². The lowest BCUT2D eigenvalue weighted by Gasteiger charge is -2.19. The Kier molecular flexibility index (Phi) is 14.8. The molecule has 0 aromatic carbocycles. The van der Waals surface area contributed by atoms with Crippen LogP contribution in [-0.4, -0.2) is 45.1 Å². The van der Waals surface area contributed by atoms with E-state index < -0.39 is 9.84 Å². The average Bonchev–Trinajstić information content (AvgIpc) is 2.61. The highest BCUT2D eigenvalue weighted by Crippen LogP contribution is 2.20. The van der Waals surface area contributed by atoms with E-state index in [0.717, 1.165) is 44.9 Å². The molecule has 0 bridgehead atoms. The van der Waals surface area contributed by atoms with Gasteiger partial charge in [-0.15, -0.1) is 6.58 Å². The van der Waals surface area contributed by atoms with Crippen molar-refractivity contribution in [3.05, 3.63) is 12.7 Å². The maximum absolute atomic E-state index is 12.1. The van der Waals surface area contributed by atoms with Gasteiger partial charge in [-0.25, -0.2) is 8.42 Å². The molecule has 0 aromatic heterocycles. The summed E-state index contributed by atoms with van der Waals surface area (Å²) in [5, 5.41) is -0.362. The van der Waals surface area contributed by atoms with Crippen LogP contribution in [-0.2, 0) is 28.9 Å². The minimum Gasteiger partial charge on any atom is -0.469 e. The van der Waals surface area contributed by atoms with Gasteiger partial charge in [-0.2, -0.15) is 0 Å². The van der Waals surface area contributed by atoms with Crippen molar-refractivity contribution in [1.29, 1.82) is 0 Å². The second-order valence-electron chi connectivity index (χ2n) is 7.36. The molecule has 0 aliphatic rings. The Bertz CT molecular complexity index is 555. The van der Waals surface area contributed by atoms with E-state index >= 15 is 0 Å². The van der Waals surface area contributed by atoms with Gasteiger partial charge in [-0.05, 0) is 51.4 Å². The first-order valence-corrected chi connectivity index (χ1v) is 12.2. The predicted octanol–water partition coefficient (Wildman–Crippen LogP) is 4.37. The summed E-state index contributed by atoms with van der Waals surface area (Å²) in [5.41, 5.74) is 0. The van der Waals surface area contributed by atoms with Crippen LogP contribution in [0.5, 0.6) is 0 Å². The van der Waals surface area contributed by atoms with Crippen LogP contribution in [0.2, 0.25) is 0 Å². The van der Waals surface area contributed by atoms with Crippen molar-refractivity contribution in [2.24, 2.45) is 0 Å². The molecule has 7 heteroatoms. The molecular formula is C21H38O6S. The quantitative estimate of drug-likeness (QED) is 0.198. The number of unbranched alkanes of at least 4 members (excludes halogenated alkanes) is 4. The summed E-state index contributed by atoms with van der Waals surface area (Å²) in [6.07, 6.45) is 11.9. The second kappa shape index (κ2) is 15.5. The molecule has 0 saturated heterocycles. The van der Waals surface area contributed by atoms with E-state index in [9.17, 15) is 18.0 Å². The largest absolute Gasteiger partial charge is 0.469 e. The van der Waals surface area contributed by atoms with Gasteiger partial charge < -0.3 is 9.47 Å². The van der Waals surface area contributed by atoms with E-state index in [0.29, 0.717) is 32.1 Å². The first kappa shape index (κ1) is 26.6. The maximum Gasteiger partial charge on any atom is 0.305 e. The number of carbonyl (C=O) groups excluding carboxylic acids is 2. The lowest BCUT2D eigenvalue weighted by Crippen LogP contribution is -2.22. The molecule has 0 fully saturated rings. The first-order valence-electron chi connectivity index (χ1n) is 10.2. The summed E-state index contributed by atoms with van der Waals surface area (Å²) >= 11 is 0. The lowest BCUT2D eigenvalue weighted by atomic mass is 10.0. The van der Waals surface area contributed by atoms with Crippen molar-refractivity contribution < 1.29 is 27.5 Å². The van der Waals surface area contributed by atoms with E-state index in [1.165, 1.54) is 20.3 Å². The van der Waals surface area contributed by atoms with Gasteiger partial charge in [0.15, 0.2) is 0 Å². The van der Waals surface area contributed by atoms with Gasteiger partial charge >= 0.3 is 11.9 Å². The van der Waals surface area contributed by atoms with E-state index in [1.54, 1.807) is 0 Å². The molecule has 0 saturated carbocycles. The summed E-state index contributed by atoms with van der Waals surface area (Å²) in [6.45, 7) is 5.10. The van der Waals surface area contributed by atoms with E-state index in [-0.39, 0.29) is 23.3 Å². The molecule has 0 radical (unpaired) electrons. The number of hydrogen-bond donors (Lipinski definition) is 0. The highest BCUT2D eigenvalue weighted by Gasteiger charge is 2.21. The topological polar surface area (TPSA) is 86.7 Å². The van der Waals surface area contributed by atoms with Crippen molar-refractivity contribution in [2.45, 2.75) is 95.3 Å². The van der Waals surface area contributed by atoms with Gasteiger partial charge in [-0.3, -0.25) is 9.59 Å². The van der Waals surface area contributed by atoms with Crippen LogP contribution in [0.15, 0.2) is 12.7 Å². The van der Waals surface area contributed by atoms with Crippen LogP contribution in [0.25, 0.3) is 0 Å². The van der Waals surface area contributed by atoms with Gasteiger partial charge in [0.05, 0.1) is 12.4 Å². The van der Waals surface area contributed by atoms with Crippen molar-refractivity contribution in [1.82, 2.24) is 0 Å². The number of methoxy groups -OCH3 is 1. The molecule has 0 spiro atoms. The van der Waals surface area contributed by atoms with Crippen molar-refractivity contribution in [2.75, 3.05) is 13.4 Å². The highest BCUT2D eigenvalue weighted by molar-refractivity contribution is 7.91. The predicted molar refractivity (Wildman–Crippen MR) is 112 cm³/mol. The minimum absolute atomic E-state index is 0.156. The number of esters is 2. The van der Waals surface area contributed by atoms with Crippen LogP contribution in [0.1, 0.15) is 84.0 Å². The number of carbonyl (C=O) groups is 2. The zero-order chi connectivity index (χ0) is 21.4. The third kappa shape index (κ3) is 14.7. The van der Waals surface area contributed by atoms with Gasteiger partial charge in [0.25, 0.3) is 0 Å². The Balaban J connectivity index is 4.30. The Morgan fingerprint density at radius 2 is 1.57 bits per heavy atom. The lowest BCUT2D eigenvalue weighted by molar-refractivity contribution is -0.147. The molecule has 0 rings (SSSR count). The van der Waals surface area contributed by atoms with E-state index in [2.05, 4.69) is 11.3 Å². The molecule has 0 aliphatic carbocycles. The summed E-state index contributed by atoms with van der Waals surface area (Å²) in [4.78, 5) is 22.3. The molecule has 0 amide bonds. The van der Waals surface area contributed by atoms with E-state index in [1.807, 2.05) is 6.08 Å². The number of rotatable bonds is 17. The Labute approximate surface area is 171 Å². The van der Waals surface area contributed by atoms with Crippen molar-refractivity contribution in [3.63, 3.8) is 0 Å². The maximum atomic E-state index is 12.1. The fourth-order valence-corrected chi connectivity index (χ4v) is 4.42. The standard InChI is InChI=1S/C21H38O6S/c1-5-6-9-13-19(27-18(2)22)14-12-16-20(28(4,24)25)15-10-7-8-11-17-21(23)26-3/h5,19-20H,1,6-17H2,2-4H3. The van der Waals surface area contributed by atoms with Gasteiger partial charge in [-0.1, -0.05) is 25.3 Å². The highest BCUT2D eigenvalue weighted by atomic mass is 32.2. The molecule has 164 valence electrons. The fourth-order valence-electron chi connectivity index (χ4n) is 3.23. The Morgan fingerprint density at radius 1 is 0.964 bits per heavy atom. The fraction of sp³-hybridized carbons (Fsp3) is 0.810. The zero-order valence-electron chi connectivity index (χ0n) is 17.8. The average molecular weight is 419 g/mol. The minimum atomic E-state index is -3.11. The number of hydrogen-bond acceptors (Lipinski definition) is 6. The summed E-state index contributed by atoms with van der Waals surface area (Å²) in [6, 6.07) is 0. The molecule has 6 nitrogen and oxygen atoms in total. The van der Waals surface area contributed by atoms with Crippen LogP contribution < -0.4 is 0 Å². The third-order valence-corrected chi connectivity index (χ3v) is 6.49. The Hall–Kier alpha value is -1.37. The summed E-state index contributed by atoms with van der Waals surface area (Å²) in [7, 11) is -1.73. The van der Waals surface area contributed by atoms with Crippen LogP contribution in [0, 0.1) is 0 Å².